The van der Waals surface area contributed by atoms with E-state index in [9.17, 15) is 9.59 Å². The van der Waals surface area contributed by atoms with Crippen molar-refractivity contribution in [2.75, 3.05) is 13.1 Å². The lowest BCUT2D eigenvalue weighted by molar-refractivity contribution is -0.114. The quantitative estimate of drug-likeness (QED) is 0.468. The van der Waals surface area contributed by atoms with E-state index in [1.165, 1.54) is 0 Å². The Balaban J connectivity index is 2.38. The van der Waals surface area contributed by atoms with Crippen LogP contribution in [0.4, 0.5) is 4.79 Å². The Labute approximate surface area is 164 Å². The number of nitrogens with one attached hydrogen (secondary N) is 3. The van der Waals surface area contributed by atoms with Gasteiger partial charge in [0.15, 0.2) is 0 Å². The highest BCUT2D eigenvalue weighted by Gasteiger charge is 2.30. The summed E-state index contributed by atoms with van der Waals surface area (Å²) in [6.45, 7) is 8.23. The Morgan fingerprint density at radius 3 is 2.59 bits per heavy atom. The monoisotopic (exact) mass is 391 g/mol. The topological polar surface area (TPSA) is 111 Å². The molecule has 0 aromatic heterocycles. The van der Waals surface area contributed by atoms with Gasteiger partial charge in [0.1, 0.15) is 0 Å². The molecule has 0 radical (unpaired) electrons. The van der Waals surface area contributed by atoms with Gasteiger partial charge in [-0.25, -0.2) is 4.79 Å². The molecule has 1 saturated heterocycles. The number of benzene rings is 1. The molecular weight excluding hydrogens is 366 g/mol. The summed E-state index contributed by atoms with van der Waals surface area (Å²) in [5, 5.41) is 15.0. The van der Waals surface area contributed by atoms with Gasteiger partial charge in [-0.15, -0.1) is 0 Å². The number of halogens is 1. The second-order valence-corrected chi connectivity index (χ2v) is 8.15. The van der Waals surface area contributed by atoms with Crippen molar-refractivity contribution in [1.82, 2.24) is 15.5 Å². The van der Waals surface area contributed by atoms with Gasteiger partial charge in [0, 0.05) is 34.4 Å². The lowest BCUT2D eigenvalue weighted by Gasteiger charge is -2.37. The summed E-state index contributed by atoms with van der Waals surface area (Å²) in [4.78, 5) is 26.3. The Kier molecular flexibility index (Phi) is 6.15. The molecule has 1 aliphatic heterocycles. The summed E-state index contributed by atoms with van der Waals surface area (Å²) in [5.41, 5.74) is 6.16. The van der Waals surface area contributed by atoms with Crippen molar-refractivity contribution in [2.24, 2.45) is 5.73 Å². The smallest absolute Gasteiger partial charge is 0.318 e. The molecule has 0 spiro atoms. The molecule has 3 amide bonds. The van der Waals surface area contributed by atoms with Gasteiger partial charge in [-0.3, -0.25) is 10.2 Å². The zero-order valence-corrected chi connectivity index (χ0v) is 16.8. The zero-order chi connectivity index (χ0) is 20.4. The third kappa shape index (κ3) is 5.47. The molecule has 0 saturated carbocycles. The van der Waals surface area contributed by atoms with E-state index < -0.39 is 5.91 Å². The molecule has 1 heterocycles. The number of urea groups is 1. The maximum atomic E-state index is 12.6. The van der Waals surface area contributed by atoms with E-state index >= 15 is 0 Å². The first-order valence-corrected chi connectivity index (χ1v) is 9.07. The zero-order valence-electron chi connectivity index (χ0n) is 16.0. The van der Waals surface area contributed by atoms with Crippen LogP contribution in [0.3, 0.4) is 0 Å². The van der Waals surface area contributed by atoms with Gasteiger partial charge >= 0.3 is 6.03 Å². The molecule has 1 unspecified atom stereocenters. The second kappa shape index (κ2) is 8.00. The van der Waals surface area contributed by atoms with Crippen LogP contribution in [-0.4, -0.2) is 47.2 Å². The first kappa shape index (κ1) is 20.8. The van der Waals surface area contributed by atoms with Crippen LogP contribution in [0.25, 0.3) is 0 Å². The standard InChI is InChI=1S/C19H26ClN5O2/c1-11-9-25(18(27)24-19(2,3)4)10-14(23-11)15(17(22)26)16(21)12-6-5-7-13(20)8-12/h5-8,11,21,23H,9-10H2,1-4H3,(H2,22,26)(H,24,27)/b15-14+,21-16?. The fourth-order valence-corrected chi connectivity index (χ4v) is 3.08. The molecule has 1 aliphatic rings. The summed E-state index contributed by atoms with van der Waals surface area (Å²) >= 11 is 6.00. The van der Waals surface area contributed by atoms with Gasteiger partial charge in [-0.05, 0) is 39.8 Å². The Hall–Kier alpha value is -2.54. The summed E-state index contributed by atoms with van der Waals surface area (Å²) in [6.07, 6.45) is 0. The van der Waals surface area contributed by atoms with Crippen LogP contribution in [0, 0.1) is 5.41 Å². The van der Waals surface area contributed by atoms with E-state index in [-0.39, 0.29) is 35.4 Å². The molecule has 2 rings (SSSR count). The van der Waals surface area contributed by atoms with Crippen LogP contribution < -0.4 is 16.4 Å². The largest absolute Gasteiger partial charge is 0.382 e. The minimum absolute atomic E-state index is 0.0298. The molecule has 0 aliphatic carbocycles. The fourth-order valence-electron chi connectivity index (χ4n) is 2.89. The fraction of sp³-hybridized carbons (Fsp3) is 0.421. The summed E-state index contributed by atoms with van der Waals surface area (Å²) in [5.74, 6) is -0.729. The van der Waals surface area contributed by atoms with Crippen molar-refractivity contribution in [2.45, 2.75) is 39.3 Å². The van der Waals surface area contributed by atoms with Crippen molar-refractivity contribution >= 4 is 29.3 Å². The molecule has 0 bridgehead atoms. The Morgan fingerprint density at radius 1 is 1.37 bits per heavy atom. The van der Waals surface area contributed by atoms with Crippen LogP contribution in [0.15, 0.2) is 35.5 Å². The van der Waals surface area contributed by atoms with Gasteiger partial charge < -0.3 is 21.3 Å². The van der Waals surface area contributed by atoms with Crippen LogP contribution in [-0.2, 0) is 4.79 Å². The van der Waals surface area contributed by atoms with Crippen LogP contribution in [0.1, 0.15) is 33.3 Å². The van der Waals surface area contributed by atoms with Crippen molar-refractivity contribution in [3.05, 3.63) is 46.1 Å². The average Bonchev–Trinajstić information content (AvgIpc) is 2.52. The summed E-state index contributed by atoms with van der Waals surface area (Å²) < 4.78 is 0. The highest BCUT2D eigenvalue weighted by atomic mass is 35.5. The van der Waals surface area contributed by atoms with Crippen molar-refractivity contribution < 1.29 is 9.59 Å². The number of rotatable bonds is 3. The third-order valence-electron chi connectivity index (χ3n) is 3.94. The average molecular weight is 392 g/mol. The normalized spacial score (nSPS) is 19.1. The highest BCUT2D eigenvalue weighted by Crippen LogP contribution is 2.19. The van der Waals surface area contributed by atoms with Crippen LogP contribution in [0.2, 0.25) is 5.02 Å². The van der Waals surface area contributed by atoms with Crippen molar-refractivity contribution in [3.63, 3.8) is 0 Å². The number of hydrogen-bond donors (Lipinski definition) is 4. The maximum Gasteiger partial charge on any atom is 0.318 e. The molecular formula is C19H26ClN5O2. The minimum atomic E-state index is -0.729. The van der Waals surface area contributed by atoms with Crippen LogP contribution in [0.5, 0.6) is 0 Å². The predicted molar refractivity (Wildman–Crippen MR) is 107 cm³/mol. The molecule has 146 valence electrons. The lowest BCUT2D eigenvalue weighted by atomic mass is 9.98. The lowest BCUT2D eigenvalue weighted by Crippen LogP contribution is -2.56. The molecule has 7 nitrogen and oxygen atoms in total. The van der Waals surface area contributed by atoms with E-state index in [1.807, 2.05) is 27.7 Å². The SMILES string of the molecule is CC1CN(C(=O)NC(C)(C)C)C/C(=C(/C(=N)c2cccc(Cl)c2)C(N)=O)N1. The molecule has 1 atom stereocenters. The number of amides is 3. The summed E-state index contributed by atoms with van der Waals surface area (Å²) in [6, 6.07) is 6.36. The predicted octanol–water partition coefficient (Wildman–Crippen LogP) is 2.25. The second-order valence-electron chi connectivity index (χ2n) is 7.71. The van der Waals surface area contributed by atoms with Gasteiger partial charge in [0.05, 0.1) is 17.8 Å². The Morgan fingerprint density at radius 2 is 2.04 bits per heavy atom. The number of hydrogen-bond acceptors (Lipinski definition) is 4. The molecule has 1 aromatic rings. The first-order valence-electron chi connectivity index (χ1n) is 8.69. The van der Waals surface area contributed by atoms with Gasteiger partial charge in [0.2, 0.25) is 0 Å². The number of piperazine rings is 1. The first-order chi connectivity index (χ1) is 12.5. The van der Waals surface area contributed by atoms with E-state index in [1.54, 1.807) is 29.2 Å². The maximum absolute atomic E-state index is 12.6. The number of nitrogens with zero attached hydrogens (tertiary/aromatic N) is 1. The van der Waals surface area contributed by atoms with Crippen molar-refractivity contribution in [1.29, 1.82) is 5.41 Å². The molecule has 5 N–H and O–H groups in total. The van der Waals surface area contributed by atoms with Gasteiger partial charge in [-0.1, -0.05) is 23.7 Å². The molecule has 27 heavy (non-hydrogen) atoms. The molecule has 1 fully saturated rings. The van der Waals surface area contributed by atoms with E-state index in [2.05, 4.69) is 10.6 Å². The number of carbonyl (C=O) groups is 2. The van der Waals surface area contributed by atoms with E-state index in [4.69, 9.17) is 22.7 Å². The Bertz CT molecular complexity index is 798. The van der Waals surface area contributed by atoms with E-state index in [0.717, 1.165) is 0 Å². The van der Waals surface area contributed by atoms with Gasteiger partial charge in [-0.2, -0.15) is 0 Å². The number of carbonyl (C=O) groups excluding carboxylic acids is 2. The molecule has 1 aromatic carbocycles. The summed E-state index contributed by atoms with van der Waals surface area (Å²) in [7, 11) is 0. The highest BCUT2D eigenvalue weighted by molar-refractivity contribution is 6.32. The van der Waals surface area contributed by atoms with E-state index in [0.29, 0.717) is 22.8 Å². The molecule has 8 heteroatoms. The number of primary amides is 1. The van der Waals surface area contributed by atoms with Crippen LogP contribution >= 0.6 is 11.6 Å². The minimum Gasteiger partial charge on any atom is -0.382 e. The number of nitrogens with two attached hydrogens (primary N) is 1. The van der Waals surface area contributed by atoms with Crippen molar-refractivity contribution in [3.8, 4) is 0 Å². The third-order valence-corrected chi connectivity index (χ3v) is 4.18. The van der Waals surface area contributed by atoms with Gasteiger partial charge in [0.25, 0.3) is 5.91 Å².